The van der Waals surface area contributed by atoms with Crippen LogP contribution in [-0.4, -0.2) is 11.5 Å². The smallest absolute Gasteiger partial charge is 0.0293 e. The van der Waals surface area contributed by atoms with Crippen LogP contribution in [0.1, 0.15) is 43.9 Å². The fraction of sp³-hybridized carbons (Fsp3) is 0.389. The molecule has 0 radical (unpaired) electrons. The molecule has 1 aromatic heterocycles. The van der Waals surface area contributed by atoms with Gasteiger partial charge in [-0.1, -0.05) is 44.2 Å². The lowest BCUT2D eigenvalue weighted by Crippen LogP contribution is -2.27. The van der Waals surface area contributed by atoms with E-state index in [1.165, 1.54) is 11.1 Å². The zero-order valence-electron chi connectivity index (χ0n) is 12.6. The molecule has 0 aliphatic carbocycles. The van der Waals surface area contributed by atoms with E-state index in [1.807, 2.05) is 12.4 Å². The molecular formula is C18H24N2. The summed E-state index contributed by atoms with van der Waals surface area (Å²) in [5, 5.41) is 3.65. The van der Waals surface area contributed by atoms with Crippen LogP contribution in [0.3, 0.4) is 0 Å². The molecule has 1 aromatic carbocycles. The zero-order chi connectivity index (χ0) is 14.4. The first-order valence-electron chi connectivity index (χ1n) is 7.36. The van der Waals surface area contributed by atoms with E-state index in [-0.39, 0.29) is 0 Å². The van der Waals surface area contributed by atoms with Gasteiger partial charge in [0.1, 0.15) is 0 Å². The van der Waals surface area contributed by atoms with E-state index in [1.54, 1.807) is 0 Å². The quantitative estimate of drug-likeness (QED) is 0.850. The molecule has 2 heteroatoms. The molecule has 0 fully saturated rings. The van der Waals surface area contributed by atoms with Gasteiger partial charge in [-0.2, -0.15) is 0 Å². The van der Waals surface area contributed by atoms with E-state index < -0.39 is 0 Å². The minimum atomic E-state index is 0.350. The Morgan fingerprint density at radius 3 is 2.15 bits per heavy atom. The third-order valence-electron chi connectivity index (χ3n) is 3.88. The molecule has 2 aromatic rings. The Bertz CT molecular complexity index is 493. The standard InChI is InChI=1S/C18H24N2/c1-14(2)18(17-7-5-4-6-8-17)13-20-15(3)16-9-11-19-12-10-16/h4-12,14-15,18,20H,13H2,1-3H3/t15-,18?/m1/s1. The number of benzene rings is 1. The van der Waals surface area contributed by atoms with Crippen LogP contribution in [0.4, 0.5) is 0 Å². The van der Waals surface area contributed by atoms with Gasteiger partial charge in [0, 0.05) is 25.0 Å². The maximum absolute atomic E-state index is 4.07. The molecule has 2 atom stereocenters. The second-order valence-electron chi connectivity index (χ2n) is 5.67. The monoisotopic (exact) mass is 268 g/mol. The summed E-state index contributed by atoms with van der Waals surface area (Å²) in [7, 11) is 0. The second kappa shape index (κ2) is 7.20. The molecular weight excluding hydrogens is 244 g/mol. The van der Waals surface area contributed by atoms with Crippen molar-refractivity contribution in [1.82, 2.24) is 10.3 Å². The molecule has 0 spiro atoms. The van der Waals surface area contributed by atoms with Crippen molar-refractivity contribution in [2.45, 2.75) is 32.7 Å². The van der Waals surface area contributed by atoms with Crippen LogP contribution in [0.2, 0.25) is 0 Å². The van der Waals surface area contributed by atoms with E-state index in [4.69, 9.17) is 0 Å². The molecule has 1 N–H and O–H groups in total. The normalized spacial score (nSPS) is 14.2. The van der Waals surface area contributed by atoms with Crippen molar-refractivity contribution in [3.8, 4) is 0 Å². The van der Waals surface area contributed by atoms with Crippen LogP contribution in [-0.2, 0) is 0 Å². The molecule has 0 saturated heterocycles. The average Bonchev–Trinajstić information content (AvgIpc) is 2.49. The summed E-state index contributed by atoms with van der Waals surface area (Å²) in [6.45, 7) is 7.77. The van der Waals surface area contributed by atoms with Crippen LogP contribution in [0.15, 0.2) is 54.9 Å². The number of rotatable bonds is 6. The van der Waals surface area contributed by atoms with Gasteiger partial charge >= 0.3 is 0 Å². The SMILES string of the molecule is CC(C)C(CN[C@H](C)c1ccncc1)c1ccccc1. The Morgan fingerprint density at radius 2 is 1.55 bits per heavy atom. The van der Waals surface area contributed by atoms with Gasteiger partial charge in [0.05, 0.1) is 0 Å². The van der Waals surface area contributed by atoms with Gasteiger partial charge in [-0.05, 0) is 42.0 Å². The summed E-state index contributed by atoms with van der Waals surface area (Å²) in [6, 6.07) is 15.3. The molecule has 0 bridgehead atoms. The molecule has 0 aliphatic rings. The Kier molecular flexibility index (Phi) is 5.31. The number of hydrogen-bond acceptors (Lipinski definition) is 2. The average molecular weight is 268 g/mol. The number of hydrogen-bond donors (Lipinski definition) is 1. The first-order chi connectivity index (χ1) is 9.68. The number of aromatic nitrogens is 1. The minimum absolute atomic E-state index is 0.350. The van der Waals surface area contributed by atoms with Crippen molar-refractivity contribution in [2.75, 3.05) is 6.54 Å². The van der Waals surface area contributed by atoms with Crippen molar-refractivity contribution in [3.05, 3.63) is 66.0 Å². The highest BCUT2D eigenvalue weighted by Crippen LogP contribution is 2.24. The van der Waals surface area contributed by atoms with Crippen molar-refractivity contribution >= 4 is 0 Å². The summed E-state index contributed by atoms with van der Waals surface area (Å²) < 4.78 is 0. The Labute approximate surface area is 122 Å². The Balaban J connectivity index is 2.00. The molecule has 1 heterocycles. The molecule has 1 unspecified atom stereocenters. The molecule has 0 aliphatic heterocycles. The first-order valence-corrected chi connectivity index (χ1v) is 7.36. The van der Waals surface area contributed by atoms with Gasteiger partial charge in [-0.3, -0.25) is 4.98 Å². The first kappa shape index (κ1) is 14.7. The van der Waals surface area contributed by atoms with E-state index in [0.717, 1.165) is 6.54 Å². The van der Waals surface area contributed by atoms with Crippen LogP contribution in [0.5, 0.6) is 0 Å². The summed E-state index contributed by atoms with van der Waals surface area (Å²) >= 11 is 0. The van der Waals surface area contributed by atoms with Crippen LogP contribution in [0, 0.1) is 5.92 Å². The maximum Gasteiger partial charge on any atom is 0.0293 e. The summed E-state index contributed by atoms with van der Waals surface area (Å²) in [5.41, 5.74) is 2.70. The van der Waals surface area contributed by atoms with Crippen LogP contribution in [0.25, 0.3) is 0 Å². The van der Waals surface area contributed by atoms with Gasteiger partial charge in [0.25, 0.3) is 0 Å². The van der Waals surface area contributed by atoms with Crippen molar-refractivity contribution in [1.29, 1.82) is 0 Å². The Morgan fingerprint density at radius 1 is 0.900 bits per heavy atom. The molecule has 0 amide bonds. The van der Waals surface area contributed by atoms with Gasteiger partial charge in [0.2, 0.25) is 0 Å². The topological polar surface area (TPSA) is 24.9 Å². The van der Waals surface area contributed by atoms with Crippen molar-refractivity contribution in [3.63, 3.8) is 0 Å². The lowest BCUT2D eigenvalue weighted by molar-refractivity contribution is 0.436. The summed E-state index contributed by atoms with van der Waals surface area (Å²) in [5.74, 6) is 1.16. The fourth-order valence-corrected chi connectivity index (χ4v) is 2.51. The van der Waals surface area contributed by atoms with E-state index in [9.17, 15) is 0 Å². The molecule has 20 heavy (non-hydrogen) atoms. The number of pyridine rings is 1. The third-order valence-corrected chi connectivity index (χ3v) is 3.88. The second-order valence-corrected chi connectivity index (χ2v) is 5.67. The van der Waals surface area contributed by atoms with Gasteiger partial charge in [-0.15, -0.1) is 0 Å². The molecule has 0 saturated carbocycles. The molecule has 2 nitrogen and oxygen atoms in total. The highest BCUT2D eigenvalue weighted by atomic mass is 14.9. The zero-order valence-corrected chi connectivity index (χ0v) is 12.6. The van der Waals surface area contributed by atoms with Crippen LogP contribution >= 0.6 is 0 Å². The lowest BCUT2D eigenvalue weighted by Gasteiger charge is -2.24. The summed E-state index contributed by atoms with van der Waals surface area (Å²) in [6.07, 6.45) is 3.70. The fourth-order valence-electron chi connectivity index (χ4n) is 2.51. The Hall–Kier alpha value is -1.67. The highest BCUT2D eigenvalue weighted by Gasteiger charge is 2.16. The van der Waals surface area contributed by atoms with Gasteiger partial charge < -0.3 is 5.32 Å². The largest absolute Gasteiger partial charge is 0.310 e. The van der Waals surface area contributed by atoms with Crippen molar-refractivity contribution < 1.29 is 0 Å². The minimum Gasteiger partial charge on any atom is -0.310 e. The summed E-state index contributed by atoms with van der Waals surface area (Å²) in [4.78, 5) is 4.07. The predicted molar refractivity (Wildman–Crippen MR) is 84.7 cm³/mol. The van der Waals surface area contributed by atoms with E-state index in [0.29, 0.717) is 17.9 Å². The lowest BCUT2D eigenvalue weighted by atomic mass is 9.88. The third kappa shape index (κ3) is 3.91. The molecule has 106 valence electrons. The van der Waals surface area contributed by atoms with E-state index >= 15 is 0 Å². The number of nitrogens with one attached hydrogen (secondary N) is 1. The van der Waals surface area contributed by atoms with Crippen molar-refractivity contribution in [2.24, 2.45) is 5.92 Å². The van der Waals surface area contributed by atoms with Gasteiger partial charge in [0.15, 0.2) is 0 Å². The predicted octanol–water partition coefficient (Wildman–Crippen LogP) is 4.17. The number of nitrogens with zero attached hydrogens (tertiary/aromatic N) is 1. The van der Waals surface area contributed by atoms with Crippen LogP contribution < -0.4 is 5.32 Å². The van der Waals surface area contributed by atoms with E-state index in [2.05, 4.69) is 73.5 Å². The highest BCUT2D eigenvalue weighted by molar-refractivity contribution is 5.21. The molecule has 2 rings (SSSR count). The maximum atomic E-state index is 4.07. The van der Waals surface area contributed by atoms with Gasteiger partial charge in [-0.25, -0.2) is 0 Å².